The first-order valence-corrected chi connectivity index (χ1v) is 6.27. The summed E-state index contributed by atoms with van der Waals surface area (Å²) in [7, 11) is 0. The highest BCUT2D eigenvalue weighted by Gasteiger charge is 2.34. The van der Waals surface area contributed by atoms with Gasteiger partial charge in [-0.1, -0.05) is 23.7 Å². The van der Waals surface area contributed by atoms with Crippen LogP contribution in [-0.4, -0.2) is 21.9 Å². The lowest BCUT2D eigenvalue weighted by Crippen LogP contribution is -2.32. The Morgan fingerprint density at radius 2 is 2.00 bits per heavy atom. The van der Waals surface area contributed by atoms with Crippen molar-refractivity contribution in [3.8, 4) is 0 Å². The van der Waals surface area contributed by atoms with Gasteiger partial charge in [-0.05, 0) is 35.5 Å². The van der Waals surface area contributed by atoms with Gasteiger partial charge in [0.05, 0.1) is 4.91 Å². The highest BCUT2D eigenvalue weighted by molar-refractivity contribution is 8.18. The molecule has 1 aromatic carbocycles. The summed E-state index contributed by atoms with van der Waals surface area (Å²) in [5, 5.41) is 8.13. The SMILES string of the molecule is CC(=O)N1C(=N)SC(=Cc2ccc(Cl)cc2)C1=O. The summed E-state index contributed by atoms with van der Waals surface area (Å²) in [6, 6.07) is 6.96. The average Bonchev–Trinajstić information content (AvgIpc) is 2.57. The summed E-state index contributed by atoms with van der Waals surface area (Å²) < 4.78 is 0. The molecule has 0 bridgehead atoms. The predicted octanol–water partition coefficient (Wildman–Crippen LogP) is 2.74. The van der Waals surface area contributed by atoms with Crippen LogP contribution in [0, 0.1) is 5.41 Å². The zero-order chi connectivity index (χ0) is 13.3. The van der Waals surface area contributed by atoms with Crippen molar-refractivity contribution in [1.29, 1.82) is 5.41 Å². The molecule has 0 aromatic heterocycles. The topological polar surface area (TPSA) is 61.2 Å². The summed E-state index contributed by atoms with van der Waals surface area (Å²) in [6.07, 6.45) is 1.64. The van der Waals surface area contributed by atoms with Gasteiger partial charge in [0, 0.05) is 11.9 Å². The van der Waals surface area contributed by atoms with Crippen LogP contribution in [0.25, 0.3) is 6.08 Å². The molecule has 1 aromatic rings. The van der Waals surface area contributed by atoms with Crippen molar-refractivity contribution in [3.05, 3.63) is 39.8 Å². The van der Waals surface area contributed by atoms with E-state index in [4.69, 9.17) is 17.0 Å². The smallest absolute Gasteiger partial charge is 0.273 e. The van der Waals surface area contributed by atoms with Gasteiger partial charge in [-0.2, -0.15) is 0 Å². The van der Waals surface area contributed by atoms with Gasteiger partial charge in [0.1, 0.15) is 0 Å². The standard InChI is InChI=1S/C12H9ClN2O2S/c1-7(16)15-11(17)10(18-12(15)14)6-8-2-4-9(13)5-3-8/h2-6,14H,1H3. The molecule has 0 radical (unpaired) electrons. The van der Waals surface area contributed by atoms with E-state index in [9.17, 15) is 9.59 Å². The maximum absolute atomic E-state index is 11.9. The van der Waals surface area contributed by atoms with Gasteiger partial charge in [0.25, 0.3) is 5.91 Å². The number of carbonyl (C=O) groups is 2. The number of thioether (sulfide) groups is 1. The third kappa shape index (κ3) is 2.47. The monoisotopic (exact) mass is 280 g/mol. The summed E-state index contributed by atoms with van der Waals surface area (Å²) in [5.74, 6) is -0.899. The lowest BCUT2D eigenvalue weighted by molar-refractivity contribution is -0.135. The molecule has 2 rings (SSSR count). The highest BCUT2D eigenvalue weighted by Crippen LogP contribution is 2.31. The van der Waals surface area contributed by atoms with Crippen molar-refractivity contribution in [3.63, 3.8) is 0 Å². The Morgan fingerprint density at radius 3 is 2.50 bits per heavy atom. The predicted molar refractivity (Wildman–Crippen MR) is 72.3 cm³/mol. The van der Waals surface area contributed by atoms with E-state index in [2.05, 4.69) is 0 Å². The van der Waals surface area contributed by atoms with Crippen LogP contribution in [-0.2, 0) is 9.59 Å². The van der Waals surface area contributed by atoms with Gasteiger partial charge in [0.15, 0.2) is 5.17 Å². The molecule has 18 heavy (non-hydrogen) atoms. The number of nitrogens with zero attached hydrogens (tertiary/aromatic N) is 1. The van der Waals surface area contributed by atoms with Crippen molar-refractivity contribution in [2.75, 3.05) is 0 Å². The average molecular weight is 281 g/mol. The van der Waals surface area contributed by atoms with E-state index in [1.54, 1.807) is 30.3 Å². The fraction of sp³-hybridized carbons (Fsp3) is 0.0833. The number of amidine groups is 1. The number of amides is 2. The minimum Gasteiger partial charge on any atom is -0.278 e. The highest BCUT2D eigenvalue weighted by atomic mass is 35.5. The number of imide groups is 1. The molecular formula is C12H9ClN2O2S. The van der Waals surface area contributed by atoms with Crippen LogP contribution < -0.4 is 0 Å². The number of hydrogen-bond acceptors (Lipinski definition) is 4. The van der Waals surface area contributed by atoms with Crippen LogP contribution in [0.3, 0.4) is 0 Å². The normalized spacial score (nSPS) is 17.7. The molecule has 92 valence electrons. The molecule has 0 aliphatic carbocycles. The molecule has 1 N–H and O–H groups in total. The number of hydrogen-bond donors (Lipinski definition) is 1. The van der Waals surface area contributed by atoms with Gasteiger partial charge >= 0.3 is 0 Å². The van der Waals surface area contributed by atoms with Crippen LogP contribution >= 0.6 is 23.4 Å². The van der Waals surface area contributed by atoms with Gasteiger partial charge in [-0.25, -0.2) is 4.90 Å². The van der Waals surface area contributed by atoms with E-state index in [0.717, 1.165) is 22.2 Å². The molecule has 1 aliphatic heterocycles. The molecule has 0 saturated carbocycles. The second kappa shape index (κ2) is 4.96. The van der Waals surface area contributed by atoms with E-state index >= 15 is 0 Å². The first kappa shape index (κ1) is 12.9. The third-order valence-corrected chi connectivity index (χ3v) is 3.45. The quantitative estimate of drug-likeness (QED) is 0.805. The van der Waals surface area contributed by atoms with Crippen molar-refractivity contribution in [2.24, 2.45) is 0 Å². The first-order valence-electron chi connectivity index (χ1n) is 5.08. The molecule has 0 atom stereocenters. The molecule has 0 unspecified atom stereocenters. The van der Waals surface area contributed by atoms with E-state index in [1.165, 1.54) is 6.92 Å². The number of rotatable bonds is 1. The molecule has 1 saturated heterocycles. The van der Waals surface area contributed by atoms with Gasteiger partial charge < -0.3 is 0 Å². The molecule has 1 aliphatic rings. The Kier molecular flexibility index (Phi) is 3.54. The molecule has 1 fully saturated rings. The molecule has 2 amide bonds. The molecule has 0 spiro atoms. The van der Waals surface area contributed by atoms with Gasteiger partial charge in [-0.15, -0.1) is 0 Å². The third-order valence-electron chi connectivity index (χ3n) is 2.31. The van der Waals surface area contributed by atoms with E-state index in [1.807, 2.05) is 0 Å². The van der Waals surface area contributed by atoms with E-state index < -0.39 is 11.8 Å². The Bertz CT molecular complexity index is 566. The number of halogens is 1. The van der Waals surface area contributed by atoms with Crippen LogP contribution in [0.2, 0.25) is 5.02 Å². The summed E-state index contributed by atoms with van der Waals surface area (Å²) in [6.45, 7) is 1.26. The summed E-state index contributed by atoms with van der Waals surface area (Å²) >= 11 is 6.74. The fourth-order valence-corrected chi connectivity index (χ4v) is 2.49. The second-order valence-corrected chi connectivity index (χ2v) is 5.09. The van der Waals surface area contributed by atoms with E-state index in [-0.39, 0.29) is 5.17 Å². The summed E-state index contributed by atoms with van der Waals surface area (Å²) in [5.41, 5.74) is 0.799. The number of carbonyl (C=O) groups excluding carboxylic acids is 2. The van der Waals surface area contributed by atoms with E-state index in [0.29, 0.717) is 9.93 Å². The summed E-state index contributed by atoms with van der Waals surface area (Å²) in [4.78, 5) is 24.3. The molecule has 6 heteroatoms. The minimum atomic E-state index is -0.451. The lowest BCUT2D eigenvalue weighted by Gasteiger charge is -2.07. The zero-order valence-corrected chi connectivity index (χ0v) is 11.0. The van der Waals surface area contributed by atoms with Crippen LogP contribution in [0.1, 0.15) is 12.5 Å². The molecular weight excluding hydrogens is 272 g/mol. The first-order chi connectivity index (χ1) is 8.49. The van der Waals surface area contributed by atoms with Crippen LogP contribution in [0.5, 0.6) is 0 Å². The lowest BCUT2D eigenvalue weighted by atomic mass is 10.2. The Morgan fingerprint density at radius 1 is 1.39 bits per heavy atom. The van der Waals surface area contributed by atoms with Crippen molar-refractivity contribution in [1.82, 2.24) is 4.90 Å². The van der Waals surface area contributed by atoms with Crippen LogP contribution in [0.4, 0.5) is 0 Å². The fourth-order valence-electron chi connectivity index (χ4n) is 1.48. The van der Waals surface area contributed by atoms with Crippen LogP contribution in [0.15, 0.2) is 29.2 Å². The molecule has 1 heterocycles. The van der Waals surface area contributed by atoms with Gasteiger partial charge in [-0.3, -0.25) is 15.0 Å². The maximum atomic E-state index is 11.9. The largest absolute Gasteiger partial charge is 0.278 e. The minimum absolute atomic E-state index is 0.0623. The Hall–Kier alpha value is -1.59. The van der Waals surface area contributed by atoms with Crippen molar-refractivity contribution < 1.29 is 9.59 Å². The Balaban J connectivity index is 2.30. The zero-order valence-electron chi connectivity index (χ0n) is 9.44. The maximum Gasteiger partial charge on any atom is 0.273 e. The second-order valence-electron chi connectivity index (χ2n) is 3.63. The number of benzene rings is 1. The Labute approximate surface area is 113 Å². The van der Waals surface area contributed by atoms with Gasteiger partial charge in [0.2, 0.25) is 5.91 Å². The van der Waals surface area contributed by atoms with Crippen molar-refractivity contribution in [2.45, 2.75) is 6.92 Å². The number of nitrogens with one attached hydrogen (secondary N) is 1. The van der Waals surface area contributed by atoms with Crippen molar-refractivity contribution >= 4 is 46.4 Å². The molecule has 4 nitrogen and oxygen atoms in total.